The van der Waals surface area contributed by atoms with Crippen molar-refractivity contribution >= 4 is 134 Å². The van der Waals surface area contributed by atoms with Crippen molar-refractivity contribution in [1.82, 2.24) is 0 Å². The van der Waals surface area contributed by atoms with Crippen molar-refractivity contribution < 1.29 is 0 Å². The van der Waals surface area contributed by atoms with Crippen molar-refractivity contribution in [3.05, 3.63) is 251 Å². The van der Waals surface area contributed by atoms with Crippen LogP contribution in [0.2, 0.25) is 10.0 Å². The number of halogens is 2. The lowest BCUT2D eigenvalue weighted by Crippen LogP contribution is -2.16. The van der Waals surface area contributed by atoms with E-state index in [0.717, 1.165) is 68.2 Å². The Bertz CT molecular complexity index is 3210. The number of fused-ring (bicyclic) bond motifs is 2. The molecule has 0 saturated carbocycles. The Morgan fingerprint density at radius 2 is 0.545 bits per heavy atom. The van der Waals surface area contributed by atoms with Crippen molar-refractivity contribution in [3.8, 4) is 0 Å². The van der Waals surface area contributed by atoms with E-state index >= 15 is 0 Å². The standard InChI is InChI=1S/C58H40Cl2N4S2/c59-57-49(32-18-34-51(57)63(43-24-9-3-10-25-43)53-39-65-55-36-15-13-30-47(53)55)61(41-20-5-1-6-21-41)45-28-17-29-46(38-45)62(42-22-7-2-8-23-42)50-33-19-35-52(58(50)60)64(44-26-11-4-12-27-44)54-40-66-56-37-16-14-31-48(54)56/h1-40H. The largest absolute Gasteiger partial charge is 0.309 e. The van der Waals surface area contributed by atoms with Crippen LogP contribution in [0.15, 0.2) is 241 Å². The third-order valence-corrected chi connectivity index (χ3v) is 14.4. The smallest absolute Gasteiger partial charge is 0.0887 e. The van der Waals surface area contributed by atoms with Gasteiger partial charge in [0.15, 0.2) is 0 Å². The summed E-state index contributed by atoms with van der Waals surface area (Å²) in [6.07, 6.45) is 0. The van der Waals surface area contributed by atoms with Gasteiger partial charge in [-0.15, -0.1) is 22.7 Å². The van der Waals surface area contributed by atoms with Gasteiger partial charge in [-0.2, -0.15) is 0 Å². The molecule has 0 aliphatic heterocycles. The average molecular weight is 928 g/mol. The second-order valence-corrected chi connectivity index (χ2v) is 18.2. The van der Waals surface area contributed by atoms with E-state index < -0.39 is 0 Å². The molecule has 2 aromatic heterocycles. The molecule has 9 aromatic carbocycles. The molecule has 0 spiro atoms. The predicted octanol–water partition coefficient (Wildman–Crippen LogP) is 19.3. The van der Waals surface area contributed by atoms with Gasteiger partial charge in [0, 0.05) is 65.1 Å². The van der Waals surface area contributed by atoms with Gasteiger partial charge in [0.25, 0.3) is 0 Å². The topological polar surface area (TPSA) is 13.0 Å². The number of hydrogen-bond acceptors (Lipinski definition) is 6. The maximum absolute atomic E-state index is 7.80. The van der Waals surface area contributed by atoms with E-state index in [9.17, 15) is 0 Å². The summed E-state index contributed by atoms with van der Waals surface area (Å²) >= 11 is 19.1. The highest BCUT2D eigenvalue weighted by Gasteiger charge is 2.27. The number of rotatable bonds is 12. The molecule has 0 unspecified atom stereocenters. The van der Waals surface area contributed by atoms with Gasteiger partial charge in [-0.25, -0.2) is 0 Å². The normalized spacial score (nSPS) is 11.2. The number of anilines is 12. The molecule has 0 aliphatic rings. The highest BCUT2D eigenvalue weighted by atomic mass is 35.5. The fraction of sp³-hybridized carbons (Fsp3) is 0. The Morgan fingerprint density at radius 3 is 0.924 bits per heavy atom. The van der Waals surface area contributed by atoms with Gasteiger partial charge in [0.05, 0.1) is 44.2 Å². The fourth-order valence-electron chi connectivity index (χ4n) is 8.73. The minimum Gasteiger partial charge on any atom is -0.309 e. The number of nitrogens with zero attached hydrogens (tertiary/aromatic N) is 4. The average Bonchev–Trinajstić information content (AvgIpc) is 4.00. The Labute approximate surface area is 402 Å². The fourth-order valence-corrected chi connectivity index (χ4v) is 11.2. The van der Waals surface area contributed by atoms with Gasteiger partial charge >= 0.3 is 0 Å². The summed E-state index contributed by atoms with van der Waals surface area (Å²) in [5, 5.41) is 8.00. The lowest BCUT2D eigenvalue weighted by atomic mass is 10.1. The summed E-state index contributed by atoms with van der Waals surface area (Å²) in [4.78, 5) is 9.02. The number of benzene rings is 9. The Hall–Kier alpha value is -7.32. The molecule has 0 saturated heterocycles. The number of para-hydroxylation sites is 4. The molecule has 4 nitrogen and oxygen atoms in total. The zero-order valence-corrected chi connectivity index (χ0v) is 38.6. The minimum absolute atomic E-state index is 0.614. The van der Waals surface area contributed by atoms with Gasteiger partial charge in [0.2, 0.25) is 0 Å². The first-order valence-electron chi connectivity index (χ1n) is 21.6. The predicted molar refractivity (Wildman–Crippen MR) is 286 cm³/mol. The molecule has 0 amide bonds. The van der Waals surface area contributed by atoms with Gasteiger partial charge < -0.3 is 19.6 Å². The number of hydrogen-bond donors (Lipinski definition) is 0. The first-order valence-corrected chi connectivity index (χ1v) is 24.1. The van der Waals surface area contributed by atoms with Crippen LogP contribution in [-0.2, 0) is 0 Å². The van der Waals surface area contributed by atoms with Crippen LogP contribution in [0.25, 0.3) is 20.2 Å². The molecule has 2 heterocycles. The van der Waals surface area contributed by atoms with Crippen molar-refractivity contribution in [2.45, 2.75) is 0 Å². The number of thiophene rings is 2. The summed E-state index contributed by atoms with van der Waals surface area (Å²) in [6, 6.07) is 80.0. The zero-order chi connectivity index (χ0) is 44.4. The Kier molecular flexibility index (Phi) is 11.5. The monoisotopic (exact) mass is 926 g/mol. The molecular weight excluding hydrogens is 888 g/mol. The SMILES string of the molecule is Clc1c(N(c2ccccc2)c2cccc(N(c3ccccc3)c3cccc(N(c4ccccc4)c4csc5ccccc45)c3Cl)c2)cccc1N(c1ccccc1)c1csc2ccccc12. The summed E-state index contributed by atoms with van der Waals surface area (Å²) < 4.78 is 2.43. The van der Waals surface area contributed by atoms with Gasteiger partial charge in [0.1, 0.15) is 0 Å². The molecule has 66 heavy (non-hydrogen) atoms. The van der Waals surface area contributed by atoms with Crippen LogP contribution in [-0.4, -0.2) is 0 Å². The van der Waals surface area contributed by atoms with Gasteiger partial charge in [-0.3, -0.25) is 0 Å². The highest BCUT2D eigenvalue weighted by molar-refractivity contribution is 7.18. The molecule has 11 aromatic rings. The summed E-state index contributed by atoms with van der Waals surface area (Å²) in [5.74, 6) is 0. The van der Waals surface area contributed by atoms with Crippen LogP contribution in [0.1, 0.15) is 0 Å². The second kappa shape index (κ2) is 18.3. The lowest BCUT2D eigenvalue weighted by molar-refractivity contribution is 1.23. The third kappa shape index (κ3) is 7.74. The molecule has 0 aliphatic carbocycles. The molecule has 11 rings (SSSR count). The first-order chi connectivity index (χ1) is 32.6. The molecule has 8 heteroatoms. The third-order valence-electron chi connectivity index (χ3n) is 11.7. The zero-order valence-electron chi connectivity index (χ0n) is 35.5. The van der Waals surface area contributed by atoms with E-state index in [-0.39, 0.29) is 0 Å². The van der Waals surface area contributed by atoms with E-state index in [1.54, 1.807) is 22.7 Å². The van der Waals surface area contributed by atoms with E-state index in [2.05, 4.69) is 237 Å². The van der Waals surface area contributed by atoms with E-state index in [1.165, 1.54) is 20.2 Å². The van der Waals surface area contributed by atoms with Crippen LogP contribution in [0.5, 0.6) is 0 Å². The lowest BCUT2D eigenvalue weighted by Gasteiger charge is -2.32. The van der Waals surface area contributed by atoms with Gasteiger partial charge in [-0.05, 0) is 103 Å². The Morgan fingerprint density at radius 1 is 0.258 bits per heavy atom. The maximum atomic E-state index is 7.80. The van der Waals surface area contributed by atoms with E-state index in [4.69, 9.17) is 23.2 Å². The van der Waals surface area contributed by atoms with Crippen molar-refractivity contribution in [2.75, 3.05) is 19.6 Å². The first kappa shape index (κ1) is 41.4. The van der Waals surface area contributed by atoms with Crippen molar-refractivity contribution in [1.29, 1.82) is 0 Å². The Balaban J connectivity index is 1.07. The van der Waals surface area contributed by atoms with Crippen LogP contribution in [0.4, 0.5) is 68.2 Å². The van der Waals surface area contributed by atoms with Crippen LogP contribution in [0.3, 0.4) is 0 Å². The van der Waals surface area contributed by atoms with E-state index in [0.29, 0.717) is 10.0 Å². The molecule has 0 fully saturated rings. The quantitative estimate of drug-likeness (QED) is 0.121. The maximum Gasteiger partial charge on any atom is 0.0887 e. The minimum atomic E-state index is 0.614. The summed E-state index contributed by atoms with van der Waals surface area (Å²) in [6.45, 7) is 0. The van der Waals surface area contributed by atoms with Crippen LogP contribution < -0.4 is 19.6 Å². The van der Waals surface area contributed by atoms with Crippen LogP contribution in [0, 0.1) is 0 Å². The second-order valence-electron chi connectivity index (χ2n) is 15.7. The molecule has 318 valence electrons. The van der Waals surface area contributed by atoms with Crippen molar-refractivity contribution in [2.24, 2.45) is 0 Å². The van der Waals surface area contributed by atoms with Crippen molar-refractivity contribution in [3.63, 3.8) is 0 Å². The molecule has 0 atom stereocenters. The molecule has 0 radical (unpaired) electrons. The van der Waals surface area contributed by atoms with Gasteiger partial charge in [-0.1, -0.05) is 151 Å². The van der Waals surface area contributed by atoms with Crippen LogP contribution >= 0.6 is 45.9 Å². The molecule has 0 N–H and O–H groups in total. The summed E-state index contributed by atoms with van der Waals surface area (Å²) in [7, 11) is 0. The van der Waals surface area contributed by atoms with E-state index in [1.807, 2.05) is 24.3 Å². The molecular formula is C58H40Cl2N4S2. The molecule has 0 bridgehead atoms. The highest BCUT2D eigenvalue weighted by Crippen LogP contribution is 2.52. The summed E-state index contributed by atoms with van der Waals surface area (Å²) in [5.41, 5.74) is 11.4.